The van der Waals surface area contributed by atoms with Crippen LogP contribution in [0.4, 0.5) is 0 Å². The minimum Gasteiger partial charge on any atom is -0.476 e. The number of carboxylic acids is 1. The van der Waals surface area contributed by atoms with Crippen LogP contribution in [0, 0.1) is 0 Å². The van der Waals surface area contributed by atoms with E-state index in [1.54, 1.807) is 23.1 Å². The fraction of sp³-hybridized carbons (Fsp3) is 0.333. The van der Waals surface area contributed by atoms with E-state index in [-0.39, 0.29) is 5.69 Å². The van der Waals surface area contributed by atoms with Crippen LogP contribution >= 0.6 is 0 Å². The third-order valence-corrected chi connectivity index (χ3v) is 3.27. The maximum Gasteiger partial charge on any atom is 0.356 e. The van der Waals surface area contributed by atoms with E-state index in [4.69, 9.17) is 5.11 Å². The molecule has 1 fully saturated rings. The van der Waals surface area contributed by atoms with Crippen LogP contribution in [0.5, 0.6) is 0 Å². The van der Waals surface area contributed by atoms with Gasteiger partial charge >= 0.3 is 5.97 Å². The molecule has 0 saturated heterocycles. The van der Waals surface area contributed by atoms with Gasteiger partial charge in [0.2, 0.25) is 0 Å². The van der Waals surface area contributed by atoms with Crippen LogP contribution < -0.4 is 0 Å². The zero-order chi connectivity index (χ0) is 12.5. The minimum absolute atomic E-state index is 0.0701. The number of carbonyl (C=O) groups is 1. The molecule has 0 spiro atoms. The molecule has 1 N–H and O–H groups in total. The van der Waals surface area contributed by atoms with Gasteiger partial charge in [-0.2, -0.15) is 5.10 Å². The van der Waals surface area contributed by atoms with E-state index >= 15 is 0 Å². The van der Waals surface area contributed by atoms with E-state index in [0.29, 0.717) is 11.6 Å². The van der Waals surface area contributed by atoms with Crippen molar-refractivity contribution in [3.63, 3.8) is 0 Å². The molecular formula is C12H12N4O2. The second-order valence-electron chi connectivity index (χ2n) is 4.40. The Morgan fingerprint density at radius 3 is 2.61 bits per heavy atom. The highest BCUT2D eigenvalue weighted by Gasteiger charge is 2.26. The quantitative estimate of drug-likeness (QED) is 0.887. The zero-order valence-corrected chi connectivity index (χ0v) is 9.65. The Bertz CT molecular complexity index is 575. The van der Waals surface area contributed by atoms with Crippen molar-refractivity contribution in [1.29, 1.82) is 0 Å². The molecule has 0 bridgehead atoms. The lowest BCUT2D eigenvalue weighted by atomic mass is 9.83. The van der Waals surface area contributed by atoms with Crippen molar-refractivity contribution < 1.29 is 9.90 Å². The van der Waals surface area contributed by atoms with Crippen LogP contribution in [0.1, 0.15) is 41.4 Å². The van der Waals surface area contributed by atoms with Crippen LogP contribution in [0.15, 0.2) is 24.8 Å². The Morgan fingerprint density at radius 1 is 1.33 bits per heavy atom. The van der Waals surface area contributed by atoms with Crippen LogP contribution in [-0.2, 0) is 0 Å². The van der Waals surface area contributed by atoms with Crippen molar-refractivity contribution in [3.8, 4) is 5.69 Å². The first kappa shape index (κ1) is 10.9. The van der Waals surface area contributed by atoms with Gasteiger partial charge in [0.05, 0.1) is 12.4 Å². The summed E-state index contributed by atoms with van der Waals surface area (Å²) in [6.07, 6.45) is 8.05. The Kier molecular flexibility index (Phi) is 2.55. The molecule has 1 aliphatic carbocycles. The molecule has 3 rings (SSSR count). The highest BCUT2D eigenvalue weighted by atomic mass is 16.4. The maximum atomic E-state index is 11.0. The second kappa shape index (κ2) is 4.21. The van der Waals surface area contributed by atoms with E-state index in [0.717, 1.165) is 18.5 Å². The van der Waals surface area contributed by atoms with E-state index in [1.165, 1.54) is 12.7 Å². The molecule has 6 nitrogen and oxygen atoms in total. The number of nitrogens with zero attached hydrogens (tertiary/aromatic N) is 4. The molecule has 1 aliphatic rings. The molecule has 0 aliphatic heterocycles. The van der Waals surface area contributed by atoms with E-state index in [2.05, 4.69) is 15.1 Å². The van der Waals surface area contributed by atoms with Crippen LogP contribution in [0.2, 0.25) is 0 Å². The SMILES string of the molecule is O=C(O)c1cc(C2CCC2)n(-c2cncnc2)n1. The molecular weight excluding hydrogens is 232 g/mol. The van der Waals surface area contributed by atoms with Crippen molar-refractivity contribution >= 4 is 5.97 Å². The van der Waals surface area contributed by atoms with E-state index < -0.39 is 5.97 Å². The van der Waals surface area contributed by atoms with Gasteiger partial charge in [0.1, 0.15) is 12.0 Å². The predicted molar refractivity (Wildman–Crippen MR) is 62.7 cm³/mol. The highest BCUT2D eigenvalue weighted by molar-refractivity contribution is 5.85. The van der Waals surface area contributed by atoms with Gasteiger partial charge in [-0.05, 0) is 18.9 Å². The monoisotopic (exact) mass is 244 g/mol. The normalized spacial score (nSPS) is 15.3. The van der Waals surface area contributed by atoms with E-state index in [9.17, 15) is 4.79 Å². The number of hydrogen-bond donors (Lipinski definition) is 1. The van der Waals surface area contributed by atoms with Crippen molar-refractivity contribution in [2.45, 2.75) is 25.2 Å². The summed E-state index contributed by atoms with van der Waals surface area (Å²) in [5, 5.41) is 13.2. The lowest BCUT2D eigenvalue weighted by Crippen LogP contribution is -2.14. The first-order valence-electron chi connectivity index (χ1n) is 5.84. The fourth-order valence-corrected chi connectivity index (χ4v) is 2.10. The molecule has 6 heteroatoms. The molecule has 0 aromatic carbocycles. The lowest BCUT2D eigenvalue weighted by molar-refractivity contribution is 0.0690. The zero-order valence-electron chi connectivity index (χ0n) is 9.65. The molecule has 2 aromatic rings. The summed E-state index contributed by atoms with van der Waals surface area (Å²) < 4.78 is 1.65. The standard InChI is InChI=1S/C12H12N4O2/c17-12(18)10-4-11(8-2-1-3-8)16(15-10)9-5-13-7-14-6-9/h4-8H,1-3H2,(H,17,18). The summed E-state index contributed by atoms with van der Waals surface area (Å²) in [7, 11) is 0. The Hall–Kier alpha value is -2.24. The maximum absolute atomic E-state index is 11.0. The topological polar surface area (TPSA) is 80.9 Å². The predicted octanol–water partition coefficient (Wildman–Crippen LogP) is 1.63. The largest absolute Gasteiger partial charge is 0.476 e. The summed E-state index contributed by atoms with van der Waals surface area (Å²) in [5.41, 5.74) is 1.71. The lowest BCUT2D eigenvalue weighted by Gasteiger charge is -2.25. The van der Waals surface area contributed by atoms with Crippen molar-refractivity contribution in [1.82, 2.24) is 19.7 Å². The fourth-order valence-electron chi connectivity index (χ4n) is 2.10. The van der Waals surface area contributed by atoms with Gasteiger partial charge < -0.3 is 5.11 Å². The van der Waals surface area contributed by atoms with Crippen molar-refractivity contribution in [2.24, 2.45) is 0 Å². The molecule has 2 aromatic heterocycles. The Balaban J connectivity index is 2.08. The Morgan fingerprint density at radius 2 is 2.06 bits per heavy atom. The molecule has 1 saturated carbocycles. The molecule has 18 heavy (non-hydrogen) atoms. The number of aromatic nitrogens is 4. The van der Waals surface area contributed by atoms with Gasteiger partial charge in [-0.25, -0.2) is 19.4 Å². The number of hydrogen-bond acceptors (Lipinski definition) is 4. The van der Waals surface area contributed by atoms with Gasteiger partial charge in [-0.3, -0.25) is 0 Å². The number of aromatic carboxylic acids is 1. The Labute approximate surface area is 103 Å². The smallest absolute Gasteiger partial charge is 0.356 e. The second-order valence-corrected chi connectivity index (χ2v) is 4.40. The first-order valence-corrected chi connectivity index (χ1v) is 5.84. The van der Waals surface area contributed by atoms with Gasteiger partial charge in [0, 0.05) is 11.6 Å². The summed E-state index contributed by atoms with van der Waals surface area (Å²) in [5.74, 6) is -0.614. The summed E-state index contributed by atoms with van der Waals surface area (Å²) in [4.78, 5) is 18.9. The summed E-state index contributed by atoms with van der Waals surface area (Å²) in [6, 6.07) is 1.65. The van der Waals surface area contributed by atoms with Gasteiger partial charge in [-0.1, -0.05) is 6.42 Å². The van der Waals surface area contributed by atoms with Crippen molar-refractivity contribution in [3.05, 3.63) is 36.2 Å². The average Bonchev–Trinajstić information content (AvgIpc) is 2.73. The number of carboxylic acid groups (broad SMARTS) is 1. The summed E-state index contributed by atoms with van der Waals surface area (Å²) >= 11 is 0. The molecule has 2 heterocycles. The summed E-state index contributed by atoms with van der Waals surface area (Å²) in [6.45, 7) is 0. The molecule has 0 radical (unpaired) electrons. The van der Waals surface area contributed by atoms with Crippen molar-refractivity contribution in [2.75, 3.05) is 0 Å². The minimum atomic E-state index is -1.01. The van der Waals surface area contributed by atoms with Crippen LogP contribution in [0.25, 0.3) is 5.69 Å². The third kappa shape index (κ3) is 1.75. The highest BCUT2D eigenvalue weighted by Crippen LogP contribution is 2.37. The third-order valence-electron chi connectivity index (χ3n) is 3.27. The molecule has 0 atom stereocenters. The van der Waals surface area contributed by atoms with E-state index in [1.807, 2.05) is 0 Å². The first-order chi connectivity index (χ1) is 8.75. The van der Waals surface area contributed by atoms with Crippen LogP contribution in [0.3, 0.4) is 0 Å². The van der Waals surface area contributed by atoms with Crippen LogP contribution in [-0.4, -0.2) is 30.8 Å². The average molecular weight is 244 g/mol. The van der Waals surface area contributed by atoms with Gasteiger partial charge in [0.25, 0.3) is 0 Å². The number of rotatable bonds is 3. The molecule has 92 valence electrons. The van der Waals surface area contributed by atoms with Gasteiger partial charge in [0.15, 0.2) is 5.69 Å². The molecule has 0 unspecified atom stereocenters. The molecule has 0 amide bonds. The van der Waals surface area contributed by atoms with Gasteiger partial charge in [-0.15, -0.1) is 0 Å².